The molecule has 7 nitrogen and oxygen atoms in total. The summed E-state index contributed by atoms with van der Waals surface area (Å²) < 4.78 is 43.0. The zero-order valence-corrected chi connectivity index (χ0v) is 21.3. The molecule has 1 saturated carbocycles. The van der Waals surface area contributed by atoms with Gasteiger partial charge in [-0.15, -0.1) is 24.0 Å². The van der Waals surface area contributed by atoms with Crippen molar-refractivity contribution >= 4 is 40.0 Å². The smallest absolute Gasteiger partial charge is 0.238 e. The molecule has 0 saturated heterocycles. The van der Waals surface area contributed by atoms with Crippen LogP contribution in [0.1, 0.15) is 43.9 Å². The maximum absolute atomic E-state index is 14.4. The van der Waals surface area contributed by atoms with E-state index >= 15 is 0 Å². The van der Waals surface area contributed by atoms with Crippen LogP contribution >= 0.6 is 24.0 Å². The van der Waals surface area contributed by atoms with Gasteiger partial charge in [-0.25, -0.2) is 22.9 Å². The van der Waals surface area contributed by atoms with Gasteiger partial charge >= 0.3 is 0 Å². The van der Waals surface area contributed by atoms with Crippen molar-refractivity contribution in [3.63, 3.8) is 0 Å². The van der Waals surface area contributed by atoms with Gasteiger partial charge in [0.25, 0.3) is 0 Å². The maximum atomic E-state index is 14.4. The number of nitrogens with zero attached hydrogens (tertiary/aromatic N) is 1. The van der Waals surface area contributed by atoms with E-state index in [1.165, 1.54) is 18.2 Å². The van der Waals surface area contributed by atoms with Crippen LogP contribution in [-0.2, 0) is 16.6 Å². The Morgan fingerprint density at radius 3 is 2.66 bits per heavy atom. The van der Waals surface area contributed by atoms with Gasteiger partial charge in [0.15, 0.2) is 17.5 Å². The number of aliphatic imine (C=N–C) groups is 1. The number of nitrogens with one attached hydrogen (secondary N) is 2. The number of ether oxygens (including phenoxy) is 1. The topological polar surface area (TPSA) is 106 Å². The van der Waals surface area contributed by atoms with Crippen LogP contribution in [0.2, 0.25) is 0 Å². The predicted octanol–water partition coefficient (Wildman–Crippen LogP) is 3.70. The molecule has 176 valence electrons. The minimum Gasteiger partial charge on any atom is -0.490 e. The molecule has 32 heavy (non-hydrogen) atoms. The second-order valence-electron chi connectivity index (χ2n) is 7.70. The molecule has 0 aliphatic heterocycles. The Morgan fingerprint density at radius 2 is 2.03 bits per heavy atom. The second-order valence-corrected chi connectivity index (χ2v) is 9.26. The molecule has 3 rings (SSSR count). The highest BCUT2D eigenvalue weighted by Gasteiger charge is 2.22. The summed E-state index contributed by atoms with van der Waals surface area (Å²) in [6.45, 7) is 5.31. The van der Waals surface area contributed by atoms with Crippen molar-refractivity contribution in [3.05, 3.63) is 59.4 Å². The average molecular weight is 576 g/mol. The van der Waals surface area contributed by atoms with Crippen LogP contribution in [0.25, 0.3) is 0 Å². The molecule has 1 atom stereocenters. The van der Waals surface area contributed by atoms with Gasteiger partial charge in [0.2, 0.25) is 10.0 Å². The van der Waals surface area contributed by atoms with E-state index in [1.54, 1.807) is 18.2 Å². The van der Waals surface area contributed by atoms with E-state index in [0.717, 1.165) is 18.4 Å². The number of sulfonamides is 1. The van der Waals surface area contributed by atoms with E-state index in [-0.39, 0.29) is 53.0 Å². The summed E-state index contributed by atoms with van der Waals surface area (Å²) in [5.41, 5.74) is 1.47. The first-order valence-corrected chi connectivity index (χ1v) is 11.9. The fourth-order valence-electron chi connectivity index (χ4n) is 3.00. The molecule has 0 amide bonds. The van der Waals surface area contributed by atoms with E-state index in [1.807, 2.05) is 19.9 Å². The lowest BCUT2D eigenvalue weighted by atomic mass is 10.1. The summed E-state index contributed by atoms with van der Waals surface area (Å²) in [7, 11) is -3.77. The molecule has 0 heterocycles. The molecular weight excluding hydrogens is 546 g/mol. The van der Waals surface area contributed by atoms with Crippen molar-refractivity contribution in [1.29, 1.82) is 0 Å². The van der Waals surface area contributed by atoms with Gasteiger partial charge < -0.3 is 15.4 Å². The maximum Gasteiger partial charge on any atom is 0.238 e. The number of halogens is 2. The van der Waals surface area contributed by atoms with Crippen molar-refractivity contribution in [2.75, 3.05) is 13.2 Å². The van der Waals surface area contributed by atoms with Crippen LogP contribution in [-0.4, -0.2) is 27.5 Å². The number of guanidine groups is 1. The highest BCUT2D eigenvalue weighted by Crippen LogP contribution is 2.30. The third-order valence-corrected chi connectivity index (χ3v) is 5.88. The largest absolute Gasteiger partial charge is 0.490 e. The molecule has 0 aromatic heterocycles. The average Bonchev–Trinajstić information content (AvgIpc) is 3.55. The van der Waals surface area contributed by atoms with E-state index in [9.17, 15) is 12.8 Å². The Labute approximate surface area is 206 Å². The Morgan fingerprint density at radius 1 is 1.28 bits per heavy atom. The van der Waals surface area contributed by atoms with Gasteiger partial charge in [-0.2, -0.15) is 0 Å². The van der Waals surface area contributed by atoms with Gasteiger partial charge in [0.05, 0.1) is 24.1 Å². The first-order chi connectivity index (χ1) is 14.8. The number of nitrogens with two attached hydrogens (primary N) is 1. The molecule has 0 spiro atoms. The highest BCUT2D eigenvalue weighted by atomic mass is 127. The van der Waals surface area contributed by atoms with Gasteiger partial charge in [-0.05, 0) is 68.0 Å². The van der Waals surface area contributed by atoms with Crippen molar-refractivity contribution in [2.24, 2.45) is 16.0 Å². The van der Waals surface area contributed by atoms with Crippen LogP contribution in [0.3, 0.4) is 0 Å². The molecule has 0 radical (unpaired) electrons. The third kappa shape index (κ3) is 7.89. The Hall–Kier alpha value is -1.92. The predicted molar refractivity (Wildman–Crippen MR) is 134 cm³/mol. The molecule has 0 bridgehead atoms. The van der Waals surface area contributed by atoms with Crippen LogP contribution in [0.5, 0.6) is 5.75 Å². The minimum absolute atomic E-state index is 0. The van der Waals surface area contributed by atoms with Crippen LogP contribution in [0.4, 0.5) is 4.39 Å². The summed E-state index contributed by atoms with van der Waals surface area (Å²) >= 11 is 0. The SMILES string of the molecule is CCNC(=NCc1cccc(S(N)(=O)=O)c1)NC(C)c1ccc(OCC2CC2)c(F)c1.I. The Balaban J connectivity index is 0.00000363. The second kappa shape index (κ2) is 11.8. The minimum atomic E-state index is -3.77. The number of hydrogen-bond acceptors (Lipinski definition) is 4. The van der Waals surface area contributed by atoms with Crippen molar-refractivity contribution in [2.45, 2.75) is 44.2 Å². The normalized spacial score (nSPS) is 14.9. The van der Waals surface area contributed by atoms with Gasteiger partial charge in [0, 0.05) is 6.54 Å². The number of rotatable bonds is 9. The molecular formula is C22H30FIN4O3S. The van der Waals surface area contributed by atoms with Crippen molar-refractivity contribution in [1.82, 2.24) is 10.6 Å². The fraction of sp³-hybridized carbons (Fsp3) is 0.409. The summed E-state index contributed by atoms with van der Waals surface area (Å²) in [5, 5.41) is 11.6. The lowest BCUT2D eigenvalue weighted by Gasteiger charge is -2.19. The van der Waals surface area contributed by atoms with Crippen molar-refractivity contribution in [3.8, 4) is 5.75 Å². The summed E-state index contributed by atoms with van der Waals surface area (Å²) in [5.74, 6) is 0.987. The zero-order chi connectivity index (χ0) is 22.4. The summed E-state index contributed by atoms with van der Waals surface area (Å²) in [6, 6.07) is 11.1. The molecule has 4 N–H and O–H groups in total. The zero-order valence-electron chi connectivity index (χ0n) is 18.2. The molecule has 1 aliphatic carbocycles. The molecule has 10 heteroatoms. The Bertz CT molecular complexity index is 1050. The number of hydrogen-bond donors (Lipinski definition) is 3. The quantitative estimate of drug-likeness (QED) is 0.240. The fourth-order valence-corrected chi connectivity index (χ4v) is 3.58. The third-order valence-electron chi connectivity index (χ3n) is 4.97. The van der Waals surface area contributed by atoms with E-state index in [2.05, 4.69) is 15.6 Å². The van der Waals surface area contributed by atoms with Gasteiger partial charge in [-0.3, -0.25) is 0 Å². The Kier molecular flexibility index (Phi) is 9.71. The lowest BCUT2D eigenvalue weighted by molar-refractivity contribution is 0.285. The monoisotopic (exact) mass is 576 g/mol. The van der Waals surface area contributed by atoms with Gasteiger partial charge in [0.1, 0.15) is 0 Å². The molecule has 1 unspecified atom stereocenters. The summed E-state index contributed by atoms with van der Waals surface area (Å²) in [6.07, 6.45) is 2.30. The molecule has 1 fully saturated rings. The number of benzene rings is 2. The first-order valence-electron chi connectivity index (χ1n) is 10.3. The summed E-state index contributed by atoms with van der Waals surface area (Å²) in [4.78, 5) is 4.56. The first kappa shape index (κ1) is 26.3. The van der Waals surface area contributed by atoms with E-state index < -0.39 is 10.0 Å². The highest BCUT2D eigenvalue weighted by molar-refractivity contribution is 14.0. The van der Waals surface area contributed by atoms with Crippen LogP contribution in [0.15, 0.2) is 52.4 Å². The molecule has 1 aliphatic rings. The lowest BCUT2D eigenvalue weighted by Crippen LogP contribution is -2.38. The van der Waals surface area contributed by atoms with E-state index in [0.29, 0.717) is 30.6 Å². The molecule has 2 aromatic carbocycles. The van der Waals surface area contributed by atoms with Crippen LogP contribution < -0.4 is 20.5 Å². The van der Waals surface area contributed by atoms with E-state index in [4.69, 9.17) is 9.88 Å². The molecule has 2 aromatic rings. The van der Waals surface area contributed by atoms with Crippen LogP contribution in [0, 0.1) is 11.7 Å². The number of primary sulfonamides is 1. The standard InChI is InChI=1S/C22H29FN4O3S.HI/c1-3-25-22(26-13-17-5-4-6-19(11-17)31(24,28)29)27-15(2)18-9-10-21(20(23)12-18)30-14-16-7-8-16;/h4-6,9-12,15-16H,3,7-8,13-14H2,1-2H3,(H2,24,28,29)(H2,25,26,27);1H. The van der Waals surface area contributed by atoms with Gasteiger partial charge in [-0.1, -0.05) is 18.2 Å². The van der Waals surface area contributed by atoms with Crippen molar-refractivity contribution < 1.29 is 17.5 Å².